The minimum Gasteiger partial charge on any atom is -0.494 e. The van der Waals surface area contributed by atoms with Gasteiger partial charge in [-0.2, -0.15) is 4.98 Å². The van der Waals surface area contributed by atoms with Crippen molar-refractivity contribution in [1.29, 1.82) is 0 Å². The van der Waals surface area contributed by atoms with E-state index in [9.17, 15) is 0 Å². The maximum Gasteiger partial charge on any atom is 0.225 e. The molecule has 2 aromatic carbocycles. The van der Waals surface area contributed by atoms with Crippen LogP contribution < -0.4 is 25.0 Å². The number of rotatable bonds is 12. The minimum atomic E-state index is 0.433. The first-order chi connectivity index (χ1) is 17.6. The molecule has 0 bridgehead atoms. The number of nitrogens with one attached hydrogen (secondary N) is 2. The summed E-state index contributed by atoms with van der Waals surface area (Å²) in [6.07, 6.45) is 5.99. The smallest absolute Gasteiger partial charge is 0.225 e. The third-order valence-corrected chi connectivity index (χ3v) is 6.88. The number of aromatic nitrogens is 2. The number of ether oxygens (including phenoxy) is 2. The van der Waals surface area contributed by atoms with Crippen molar-refractivity contribution < 1.29 is 9.47 Å². The molecule has 0 saturated heterocycles. The molecule has 7 nitrogen and oxygen atoms in total. The molecule has 1 aliphatic rings. The topological polar surface area (TPSA) is 71.5 Å². The van der Waals surface area contributed by atoms with Gasteiger partial charge in [-0.15, -0.1) is 0 Å². The summed E-state index contributed by atoms with van der Waals surface area (Å²) in [4.78, 5) is 11.7. The van der Waals surface area contributed by atoms with Gasteiger partial charge in [-0.3, -0.25) is 0 Å². The SMILES string of the molecule is CCOc1ccc(CNCC[C@H]2CC[C@@H](Nc3nc(N(C)C)c4ccccc4n3)CC2)c(OCC)c1. The lowest BCUT2D eigenvalue weighted by molar-refractivity contribution is 0.313. The Kier molecular flexibility index (Phi) is 9.23. The van der Waals surface area contributed by atoms with Crippen LogP contribution in [0.2, 0.25) is 0 Å². The highest BCUT2D eigenvalue weighted by Gasteiger charge is 2.22. The van der Waals surface area contributed by atoms with Crippen molar-refractivity contribution in [3.8, 4) is 11.5 Å². The van der Waals surface area contributed by atoms with Crippen LogP contribution in [0.25, 0.3) is 10.9 Å². The molecule has 1 fully saturated rings. The number of para-hydroxylation sites is 1. The minimum absolute atomic E-state index is 0.433. The first-order valence-corrected chi connectivity index (χ1v) is 13.4. The Morgan fingerprint density at radius 3 is 2.47 bits per heavy atom. The van der Waals surface area contributed by atoms with E-state index >= 15 is 0 Å². The van der Waals surface area contributed by atoms with Crippen molar-refractivity contribution in [3.05, 3.63) is 48.0 Å². The standard InChI is InChI=1S/C29H41N5O2/c1-5-35-24-16-13-22(27(19-24)36-6-2)20-30-18-17-21-11-14-23(15-12-21)31-29-32-26-10-8-7-9-25(26)28(33-29)34(3)4/h7-10,13,16,19,21,23,30H,5-6,11-12,14-15,17-18,20H2,1-4H3,(H,31,32,33)/t21-,23+. The van der Waals surface area contributed by atoms with E-state index in [0.717, 1.165) is 66.0 Å². The maximum atomic E-state index is 5.84. The first-order valence-electron chi connectivity index (χ1n) is 13.4. The van der Waals surface area contributed by atoms with Crippen LogP contribution in [0.1, 0.15) is 51.5 Å². The maximum absolute atomic E-state index is 5.84. The van der Waals surface area contributed by atoms with Gasteiger partial charge >= 0.3 is 0 Å². The molecule has 0 unspecified atom stereocenters. The summed E-state index contributed by atoms with van der Waals surface area (Å²) < 4.78 is 11.5. The molecule has 2 N–H and O–H groups in total. The molecule has 0 aliphatic heterocycles. The van der Waals surface area contributed by atoms with Crippen molar-refractivity contribution in [3.63, 3.8) is 0 Å². The molecule has 3 aromatic rings. The van der Waals surface area contributed by atoms with Gasteiger partial charge in [0.2, 0.25) is 5.95 Å². The van der Waals surface area contributed by atoms with E-state index in [0.29, 0.717) is 19.3 Å². The van der Waals surface area contributed by atoms with Gasteiger partial charge in [0, 0.05) is 43.7 Å². The quantitative estimate of drug-likeness (QED) is 0.318. The second kappa shape index (κ2) is 12.8. The average molecular weight is 492 g/mol. The summed E-state index contributed by atoms with van der Waals surface area (Å²) in [5.41, 5.74) is 2.17. The lowest BCUT2D eigenvalue weighted by atomic mass is 9.84. The molecule has 0 radical (unpaired) electrons. The van der Waals surface area contributed by atoms with Gasteiger partial charge in [0.1, 0.15) is 17.3 Å². The number of hydrogen-bond acceptors (Lipinski definition) is 7. The Labute approximate surface area is 215 Å². The van der Waals surface area contributed by atoms with Crippen LogP contribution in [0.5, 0.6) is 11.5 Å². The van der Waals surface area contributed by atoms with Gasteiger partial charge in [-0.1, -0.05) is 18.2 Å². The zero-order valence-electron chi connectivity index (χ0n) is 22.2. The van der Waals surface area contributed by atoms with Crippen LogP contribution in [0.3, 0.4) is 0 Å². The van der Waals surface area contributed by atoms with Crippen molar-refractivity contribution in [1.82, 2.24) is 15.3 Å². The molecule has 0 spiro atoms. The van der Waals surface area contributed by atoms with Gasteiger partial charge in [-0.05, 0) is 76.6 Å². The summed E-state index contributed by atoms with van der Waals surface area (Å²) in [5.74, 6) is 4.24. The molecular formula is C29H41N5O2. The molecule has 0 atom stereocenters. The normalized spacial score (nSPS) is 17.7. The Balaban J connectivity index is 1.23. The van der Waals surface area contributed by atoms with Crippen LogP contribution in [-0.4, -0.2) is 49.9 Å². The highest BCUT2D eigenvalue weighted by atomic mass is 16.5. The molecule has 7 heteroatoms. The van der Waals surface area contributed by atoms with Crippen LogP contribution in [0, 0.1) is 5.92 Å². The fourth-order valence-electron chi connectivity index (χ4n) is 5.00. The van der Waals surface area contributed by atoms with Crippen molar-refractivity contribution in [2.24, 2.45) is 5.92 Å². The van der Waals surface area contributed by atoms with Gasteiger partial charge in [0.05, 0.1) is 18.7 Å². The second-order valence-corrected chi connectivity index (χ2v) is 9.75. The molecule has 36 heavy (non-hydrogen) atoms. The summed E-state index contributed by atoms with van der Waals surface area (Å²) in [7, 11) is 4.07. The molecule has 4 rings (SSSR count). The molecule has 1 aliphatic carbocycles. The Hall–Kier alpha value is -3.06. The van der Waals surface area contributed by atoms with E-state index in [1.165, 1.54) is 24.8 Å². The molecular weight excluding hydrogens is 450 g/mol. The van der Waals surface area contributed by atoms with Gasteiger partial charge in [0.15, 0.2) is 0 Å². The Morgan fingerprint density at radius 2 is 1.72 bits per heavy atom. The Bertz CT molecular complexity index is 1110. The molecule has 1 aromatic heterocycles. The van der Waals surface area contributed by atoms with Crippen molar-refractivity contribution in [2.75, 3.05) is 44.1 Å². The summed E-state index contributed by atoms with van der Waals surface area (Å²) >= 11 is 0. The lowest BCUT2D eigenvalue weighted by Crippen LogP contribution is -2.28. The van der Waals surface area contributed by atoms with Gasteiger partial charge in [0.25, 0.3) is 0 Å². The zero-order valence-corrected chi connectivity index (χ0v) is 22.2. The second-order valence-electron chi connectivity index (χ2n) is 9.75. The zero-order chi connectivity index (χ0) is 25.3. The van der Waals surface area contributed by atoms with E-state index in [1.54, 1.807) is 0 Å². The highest BCUT2D eigenvalue weighted by molar-refractivity contribution is 5.90. The third kappa shape index (κ3) is 6.78. The van der Waals surface area contributed by atoms with Crippen LogP contribution >= 0.6 is 0 Å². The Morgan fingerprint density at radius 1 is 0.944 bits per heavy atom. The van der Waals surface area contributed by atoms with Crippen molar-refractivity contribution >= 4 is 22.7 Å². The predicted molar refractivity (Wildman–Crippen MR) is 148 cm³/mol. The summed E-state index contributed by atoms with van der Waals surface area (Å²) in [5, 5.41) is 8.33. The monoisotopic (exact) mass is 491 g/mol. The number of benzene rings is 2. The van der Waals surface area contributed by atoms with E-state index < -0.39 is 0 Å². The summed E-state index contributed by atoms with van der Waals surface area (Å²) in [6, 6.07) is 14.8. The molecule has 1 heterocycles. The van der Waals surface area contributed by atoms with Crippen LogP contribution in [-0.2, 0) is 6.54 Å². The predicted octanol–water partition coefficient (Wildman–Crippen LogP) is 5.64. The number of hydrogen-bond donors (Lipinski definition) is 2. The fraction of sp³-hybridized carbons (Fsp3) is 0.517. The van der Waals surface area contributed by atoms with E-state index in [1.807, 2.05) is 52.2 Å². The fourth-order valence-corrected chi connectivity index (χ4v) is 5.00. The van der Waals surface area contributed by atoms with Crippen LogP contribution in [0.15, 0.2) is 42.5 Å². The molecule has 194 valence electrons. The largest absolute Gasteiger partial charge is 0.494 e. The molecule has 0 amide bonds. The average Bonchev–Trinajstić information content (AvgIpc) is 2.88. The lowest BCUT2D eigenvalue weighted by Gasteiger charge is -2.29. The van der Waals surface area contributed by atoms with Gasteiger partial charge in [-0.25, -0.2) is 4.98 Å². The van der Waals surface area contributed by atoms with E-state index in [2.05, 4.69) is 33.7 Å². The third-order valence-electron chi connectivity index (χ3n) is 6.88. The van der Waals surface area contributed by atoms with Crippen LogP contribution in [0.4, 0.5) is 11.8 Å². The van der Waals surface area contributed by atoms with E-state index in [4.69, 9.17) is 19.4 Å². The number of anilines is 2. The van der Waals surface area contributed by atoms with Gasteiger partial charge < -0.3 is 25.0 Å². The molecule has 1 saturated carbocycles. The number of nitrogens with zero attached hydrogens (tertiary/aromatic N) is 3. The highest BCUT2D eigenvalue weighted by Crippen LogP contribution is 2.30. The summed E-state index contributed by atoms with van der Waals surface area (Å²) in [6.45, 7) is 7.15. The van der Waals surface area contributed by atoms with E-state index in [-0.39, 0.29) is 0 Å². The number of fused-ring (bicyclic) bond motifs is 1. The first kappa shape index (κ1) is 26.0. The van der Waals surface area contributed by atoms with Crippen molar-refractivity contribution in [2.45, 2.75) is 58.5 Å².